The van der Waals surface area contributed by atoms with Crippen LogP contribution < -0.4 is 0 Å². The molecule has 2 aromatic carbocycles. The highest BCUT2D eigenvalue weighted by atomic mass is 32.2. The van der Waals surface area contributed by atoms with Gasteiger partial charge in [0, 0.05) is 10.5 Å². The van der Waals surface area contributed by atoms with Gasteiger partial charge in [-0.2, -0.15) is 5.10 Å². The highest BCUT2D eigenvalue weighted by molar-refractivity contribution is 7.98. The molecule has 4 rings (SSSR count). The Bertz CT molecular complexity index is 977. The lowest BCUT2D eigenvalue weighted by Gasteiger charge is -2.08. The molecule has 0 atom stereocenters. The molecule has 0 bridgehead atoms. The van der Waals surface area contributed by atoms with E-state index in [2.05, 4.69) is 37.9 Å². The van der Waals surface area contributed by atoms with Gasteiger partial charge >= 0.3 is 0 Å². The molecular formula is C17H13FN6S. The van der Waals surface area contributed by atoms with E-state index in [9.17, 15) is 4.39 Å². The van der Waals surface area contributed by atoms with Gasteiger partial charge in [-0.3, -0.25) is 0 Å². The van der Waals surface area contributed by atoms with E-state index in [4.69, 9.17) is 0 Å². The average molecular weight is 352 g/mol. The summed E-state index contributed by atoms with van der Waals surface area (Å²) in [6, 6.07) is 16.3. The summed E-state index contributed by atoms with van der Waals surface area (Å²) in [6.07, 6.45) is 2.03. The van der Waals surface area contributed by atoms with Gasteiger partial charge in [0.2, 0.25) is 0 Å². The SMILES string of the molecule is CSc1ccc(-c2cc(-c3nnn[nH]3)nn2-c2ccc(F)cc2)cc1. The van der Waals surface area contributed by atoms with Gasteiger partial charge in [-0.05, 0) is 59.1 Å². The summed E-state index contributed by atoms with van der Waals surface area (Å²) in [6.45, 7) is 0. The molecule has 25 heavy (non-hydrogen) atoms. The largest absolute Gasteiger partial charge is 0.237 e. The molecule has 0 radical (unpaired) electrons. The quantitative estimate of drug-likeness (QED) is 0.568. The van der Waals surface area contributed by atoms with Crippen LogP contribution in [0.4, 0.5) is 4.39 Å². The topological polar surface area (TPSA) is 72.3 Å². The van der Waals surface area contributed by atoms with Crippen LogP contribution in [0.1, 0.15) is 0 Å². The Morgan fingerprint density at radius 3 is 2.44 bits per heavy atom. The van der Waals surface area contributed by atoms with Crippen LogP contribution in [0, 0.1) is 5.82 Å². The zero-order valence-corrected chi connectivity index (χ0v) is 14.0. The first-order valence-electron chi connectivity index (χ1n) is 7.49. The molecule has 8 heteroatoms. The number of rotatable bonds is 4. The van der Waals surface area contributed by atoms with Crippen LogP contribution in [-0.2, 0) is 0 Å². The van der Waals surface area contributed by atoms with Gasteiger partial charge < -0.3 is 0 Å². The second-order valence-corrected chi connectivity index (χ2v) is 6.16. The third-order valence-corrected chi connectivity index (χ3v) is 4.50. The minimum atomic E-state index is -0.290. The number of halogens is 1. The van der Waals surface area contributed by atoms with Crippen molar-refractivity contribution in [3.63, 3.8) is 0 Å². The summed E-state index contributed by atoms with van der Waals surface area (Å²) < 4.78 is 15.0. The number of nitrogens with zero attached hydrogens (tertiary/aromatic N) is 5. The summed E-state index contributed by atoms with van der Waals surface area (Å²) in [7, 11) is 0. The first kappa shape index (κ1) is 15.5. The predicted octanol–water partition coefficient (Wildman–Crippen LogP) is 3.58. The van der Waals surface area contributed by atoms with Crippen molar-refractivity contribution in [1.82, 2.24) is 30.4 Å². The number of aromatic nitrogens is 6. The molecule has 124 valence electrons. The Labute approximate surface area is 147 Å². The molecule has 0 aliphatic carbocycles. The maximum atomic E-state index is 13.3. The zero-order chi connectivity index (χ0) is 17.2. The van der Waals surface area contributed by atoms with Gasteiger partial charge in [0.15, 0.2) is 5.82 Å². The van der Waals surface area contributed by atoms with Crippen LogP contribution in [0.15, 0.2) is 59.5 Å². The molecule has 0 saturated heterocycles. The number of nitrogens with one attached hydrogen (secondary N) is 1. The maximum Gasteiger partial charge on any atom is 0.199 e. The number of benzene rings is 2. The van der Waals surface area contributed by atoms with E-state index in [-0.39, 0.29) is 5.82 Å². The minimum absolute atomic E-state index is 0.290. The van der Waals surface area contributed by atoms with E-state index < -0.39 is 0 Å². The highest BCUT2D eigenvalue weighted by Gasteiger charge is 2.15. The third kappa shape index (κ3) is 3.03. The lowest BCUT2D eigenvalue weighted by Crippen LogP contribution is -1.99. The molecule has 1 N–H and O–H groups in total. The summed E-state index contributed by atoms with van der Waals surface area (Å²) in [5, 5.41) is 18.4. The van der Waals surface area contributed by atoms with Gasteiger partial charge in [-0.1, -0.05) is 12.1 Å². The van der Waals surface area contributed by atoms with Crippen molar-refractivity contribution in [1.29, 1.82) is 0 Å². The van der Waals surface area contributed by atoms with E-state index in [0.717, 1.165) is 16.9 Å². The number of thioether (sulfide) groups is 1. The molecule has 6 nitrogen and oxygen atoms in total. The third-order valence-electron chi connectivity index (χ3n) is 3.75. The molecule has 2 heterocycles. The monoisotopic (exact) mass is 352 g/mol. The smallest absolute Gasteiger partial charge is 0.199 e. The number of hydrogen-bond acceptors (Lipinski definition) is 5. The molecule has 0 amide bonds. The van der Waals surface area contributed by atoms with Crippen molar-refractivity contribution in [3.05, 3.63) is 60.4 Å². The number of hydrogen-bond donors (Lipinski definition) is 1. The molecule has 0 unspecified atom stereocenters. The van der Waals surface area contributed by atoms with Crippen LogP contribution in [0.25, 0.3) is 28.5 Å². The summed E-state index contributed by atoms with van der Waals surface area (Å²) in [5.41, 5.74) is 3.22. The van der Waals surface area contributed by atoms with Crippen molar-refractivity contribution in [3.8, 4) is 28.5 Å². The standard InChI is InChI=1S/C17H13FN6S/c1-25-14-8-2-11(3-9-14)16-10-15(17-19-22-23-20-17)21-24(16)13-6-4-12(18)5-7-13/h2-10H,1H3,(H,19,20,22,23). The highest BCUT2D eigenvalue weighted by Crippen LogP contribution is 2.28. The molecular weight excluding hydrogens is 339 g/mol. The van der Waals surface area contributed by atoms with Crippen molar-refractivity contribution in [2.75, 3.05) is 6.26 Å². The summed E-state index contributed by atoms with van der Waals surface area (Å²) in [5.74, 6) is 0.185. The molecule has 2 aromatic heterocycles. The molecule has 0 saturated carbocycles. The molecule has 4 aromatic rings. The van der Waals surface area contributed by atoms with E-state index in [1.165, 1.54) is 17.0 Å². The van der Waals surface area contributed by atoms with Gasteiger partial charge in [-0.25, -0.2) is 14.2 Å². The number of aromatic amines is 1. The number of tetrazole rings is 1. The van der Waals surface area contributed by atoms with Crippen molar-refractivity contribution >= 4 is 11.8 Å². The fourth-order valence-electron chi connectivity index (χ4n) is 2.51. The zero-order valence-electron chi connectivity index (χ0n) is 13.2. The van der Waals surface area contributed by atoms with Gasteiger partial charge in [-0.15, -0.1) is 16.9 Å². The van der Waals surface area contributed by atoms with Gasteiger partial charge in [0.25, 0.3) is 0 Å². The van der Waals surface area contributed by atoms with Gasteiger partial charge in [0.05, 0.1) is 11.4 Å². The fraction of sp³-hybridized carbons (Fsp3) is 0.0588. The van der Waals surface area contributed by atoms with E-state index in [1.54, 1.807) is 28.6 Å². The number of H-pyrrole nitrogens is 1. The van der Waals surface area contributed by atoms with Crippen LogP contribution in [0.3, 0.4) is 0 Å². The predicted molar refractivity (Wildman–Crippen MR) is 93.9 cm³/mol. The van der Waals surface area contributed by atoms with E-state index in [0.29, 0.717) is 11.5 Å². The van der Waals surface area contributed by atoms with E-state index in [1.807, 2.05) is 24.5 Å². The molecule has 0 spiro atoms. The lowest BCUT2D eigenvalue weighted by atomic mass is 10.1. The van der Waals surface area contributed by atoms with Crippen LogP contribution >= 0.6 is 11.8 Å². The Hall–Kier alpha value is -3.00. The second-order valence-electron chi connectivity index (χ2n) is 5.28. The summed E-state index contributed by atoms with van der Waals surface area (Å²) >= 11 is 1.68. The second kappa shape index (κ2) is 6.48. The molecule has 0 aliphatic heterocycles. The van der Waals surface area contributed by atoms with Crippen molar-refractivity contribution in [2.45, 2.75) is 4.90 Å². The van der Waals surface area contributed by atoms with E-state index >= 15 is 0 Å². The first-order valence-corrected chi connectivity index (χ1v) is 8.71. The Morgan fingerprint density at radius 2 is 1.80 bits per heavy atom. The Kier molecular flexibility index (Phi) is 4.02. The maximum absolute atomic E-state index is 13.3. The fourth-order valence-corrected chi connectivity index (χ4v) is 2.92. The van der Waals surface area contributed by atoms with Crippen molar-refractivity contribution < 1.29 is 4.39 Å². The van der Waals surface area contributed by atoms with Crippen LogP contribution in [-0.4, -0.2) is 36.7 Å². The Balaban J connectivity index is 1.86. The molecule has 0 fully saturated rings. The molecule has 0 aliphatic rings. The van der Waals surface area contributed by atoms with Crippen LogP contribution in [0.2, 0.25) is 0 Å². The average Bonchev–Trinajstić information content (AvgIpc) is 3.32. The van der Waals surface area contributed by atoms with Gasteiger partial charge in [0.1, 0.15) is 11.5 Å². The normalized spacial score (nSPS) is 11.0. The Morgan fingerprint density at radius 1 is 1.04 bits per heavy atom. The van der Waals surface area contributed by atoms with Crippen LogP contribution in [0.5, 0.6) is 0 Å². The van der Waals surface area contributed by atoms with Crippen molar-refractivity contribution in [2.24, 2.45) is 0 Å². The summed E-state index contributed by atoms with van der Waals surface area (Å²) in [4.78, 5) is 1.18. The minimum Gasteiger partial charge on any atom is -0.237 e. The lowest BCUT2D eigenvalue weighted by molar-refractivity contribution is 0.627. The first-order chi connectivity index (χ1) is 12.2.